The van der Waals surface area contributed by atoms with Crippen molar-refractivity contribution in [2.45, 2.75) is 50.0 Å². The molecule has 2 rings (SSSR count). The van der Waals surface area contributed by atoms with E-state index in [0.29, 0.717) is 10.3 Å². The van der Waals surface area contributed by atoms with E-state index >= 15 is 0 Å². The van der Waals surface area contributed by atoms with Crippen LogP contribution in [0.4, 0.5) is 0 Å². The van der Waals surface area contributed by atoms with Crippen LogP contribution in [0.3, 0.4) is 0 Å². The van der Waals surface area contributed by atoms with E-state index in [0.717, 1.165) is 11.5 Å². The maximum atomic E-state index is 12.3. The van der Waals surface area contributed by atoms with Crippen molar-refractivity contribution in [3.63, 3.8) is 0 Å². The van der Waals surface area contributed by atoms with Crippen LogP contribution in [0.5, 0.6) is 0 Å². The van der Waals surface area contributed by atoms with Gasteiger partial charge in [-0.3, -0.25) is 4.79 Å². The van der Waals surface area contributed by atoms with Gasteiger partial charge in [-0.1, -0.05) is 31.4 Å². The lowest BCUT2D eigenvalue weighted by molar-refractivity contribution is 0.0993. The second-order valence-corrected chi connectivity index (χ2v) is 7.63. The van der Waals surface area contributed by atoms with Gasteiger partial charge in [0.05, 0.1) is 5.25 Å². The highest BCUT2D eigenvalue weighted by atomic mass is 35.5. The molecule has 0 saturated heterocycles. The topological polar surface area (TPSA) is 17.1 Å². The molecule has 1 fully saturated rings. The Kier molecular flexibility index (Phi) is 5.35. The first-order chi connectivity index (χ1) is 9.06. The third-order valence-electron chi connectivity index (χ3n) is 3.78. The van der Waals surface area contributed by atoms with Crippen molar-refractivity contribution >= 4 is 29.1 Å². The highest BCUT2D eigenvalue weighted by Crippen LogP contribution is 2.34. The number of ketones is 1. The zero-order valence-electron chi connectivity index (χ0n) is 11.6. The second-order valence-electron chi connectivity index (χ2n) is 5.54. The molecule has 0 spiro atoms. The third-order valence-corrected chi connectivity index (χ3v) is 5.47. The number of Topliss-reactive ketones (excluding diaryl/α,β-unsaturated/α-hetero) is 1. The predicted octanol–water partition coefficient (Wildman–Crippen LogP) is 5.22. The third kappa shape index (κ3) is 4.25. The van der Waals surface area contributed by atoms with E-state index in [-0.39, 0.29) is 11.0 Å². The molecule has 0 radical (unpaired) electrons. The van der Waals surface area contributed by atoms with Crippen molar-refractivity contribution in [1.29, 1.82) is 0 Å². The molecule has 0 N–H and O–H groups in total. The lowest BCUT2D eigenvalue weighted by Gasteiger charge is -2.28. The van der Waals surface area contributed by atoms with Gasteiger partial charge in [-0.2, -0.15) is 0 Å². The number of carbonyl (C=O) groups excluding carboxylic acids is 1. The van der Waals surface area contributed by atoms with Gasteiger partial charge in [0.2, 0.25) is 0 Å². The fourth-order valence-electron chi connectivity index (χ4n) is 2.70. The summed E-state index contributed by atoms with van der Waals surface area (Å²) in [7, 11) is 0. The van der Waals surface area contributed by atoms with E-state index in [9.17, 15) is 4.79 Å². The number of hydrogen-bond acceptors (Lipinski definition) is 2. The van der Waals surface area contributed by atoms with Crippen LogP contribution in [0, 0.1) is 5.92 Å². The first-order valence-electron chi connectivity index (χ1n) is 7.01. The monoisotopic (exact) mass is 296 g/mol. The van der Waals surface area contributed by atoms with Crippen LogP contribution in [0.1, 0.15) is 49.9 Å². The summed E-state index contributed by atoms with van der Waals surface area (Å²) in [5.74, 6) is 1.03. The van der Waals surface area contributed by atoms with Crippen LogP contribution in [-0.4, -0.2) is 16.3 Å². The Morgan fingerprint density at radius 3 is 2.63 bits per heavy atom. The summed E-state index contributed by atoms with van der Waals surface area (Å²) < 4.78 is 0. The zero-order valence-corrected chi connectivity index (χ0v) is 13.1. The number of carbonyl (C=O) groups is 1. The molecule has 3 atom stereocenters. The van der Waals surface area contributed by atoms with Crippen molar-refractivity contribution in [1.82, 2.24) is 0 Å². The van der Waals surface area contributed by atoms with Crippen LogP contribution < -0.4 is 0 Å². The Morgan fingerprint density at radius 2 is 2.00 bits per heavy atom. The zero-order chi connectivity index (χ0) is 13.8. The fourth-order valence-corrected chi connectivity index (χ4v) is 4.41. The molecule has 0 bridgehead atoms. The van der Waals surface area contributed by atoms with E-state index < -0.39 is 0 Å². The molecule has 104 valence electrons. The van der Waals surface area contributed by atoms with Crippen molar-refractivity contribution in [2.24, 2.45) is 5.92 Å². The smallest absolute Gasteiger partial charge is 0.175 e. The molecule has 1 aromatic rings. The Morgan fingerprint density at radius 1 is 1.32 bits per heavy atom. The summed E-state index contributed by atoms with van der Waals surface area (Å²) >= 11 is 7.70. The minimum Gasteiger partial charge on any atom is -0.293 e. The minimum absolute atomic E-state index is 0.0384. The Balaban J connectivity index is 1.93. The van der Waals surface area contributed by atoms with Crippen LogP contribution in [0.25, 0.3) is 0 Å². The Hall–Kier alpha value is -0.470. The largest absolute Gasteiger partial charge is 0.293 e. The second kappa shape index (κ2) is 6.81. The van der Waals surface area contributed by atoms with Gasteiger partial charge >= 0.3 is 0 Å². The van der Waals surface area contributed by atoms with Crippen LogP contribution in [-0.2, 0) is 0 Å². The lowest BCUT2D eigenvalue weighted by atomic mass is 9.91. The predicted molar refractivity (Wildman–Crippen MR) is 84.3 cm³/mol. The quantitative estimate of drug-likeness (QED) is 0.708. The van der Waals surface area contributed by atoms with Gasteiger partial charge in [0.1, 0.15) is 0 Å². The fraction of sp³-hybridized carbons (Fsp3) is 0.562. The molecule has 0 aromatic heterocycles. The maximum absolute atomic E-state index is 12.3. The van der Waals surface area contributed by atoms with Crippen molar-refractivity contribution < 1.29 is 4.79 Å². The van der Waals surface area contributed by atoms with Crippen LogP contribution >= 0.6 is 23.4 Å². The standard InChI is InChI=1S/C16H21ClOS/c1-11-4-3-5-15(10-11)19-12(2)16(18)13-6-8-14(17)9-7-13/h6-9,11-12,15H,3-5,10H2,1-2H3. The van der Waals surface area contributed by atoms with Gasteiger partial charge in [-0.25, -0.2) is 0 Å². The summed E-state index contributed by atoms with van der Waals surface area (Å²) in [6.07, 6.45) is 5.16. The summed E-state index contributed by atoms with van der Waals surface area (Å²) in [4.78, 5) is 12.3. The lowest BCUT2D eigenvalue weighted by Crippen LogP contribution is -2.22. The van der Waals surface area contributed by atoms with Crippen LogP contribution in [0.2, 0.25) is 5.02 Å². The van der Waals surface area contributed by atoms with Gasteiger partial charge in [0.15, 0.2) is 5.78 Å². The molecular formula is C16H21ClOS. The Labute approximate surface area is 125 Å². The molecule has 1 aliphatic rings. The average molecular weight is 297 g/mol. The van der Waals surface area contributed by atoms with E-state index in [1.807, 2.05) is 30.8 Å². The molecule has 1 saturated carbocycles. The molecule has 3 unspecified atom stereocenters. The van der Waals surface area contributed by atoms with E-state index in [4.69, 9.17) is 11.6 Å². The Bertz CT molecular complexity index is 429. The summed E-state index contributed by atoms with van der Waals surface area (Å²) in [6, 6.07) is 7.22. The maximum Gasteiger partial charge on any atom is 0.175 e. The summed E-state index contributed by atoms with van der Waals surface area (Å²) in [6.45, 7) is 4.35. The van der Waals surface area contributed by atoms with Gasteiger partial charge in [-0.05, 0) is 49.9 Å². The normalized spacial score (nSPS) is 25.0. The first-order valence-corrected chi connectivity index (χ1v) is 8.33. The number of rotatable bonds is 4. The highest BCUT2D eigenvalue weighted by molar-refractivity contribution is 8.01. The van der Waals surface area contributed by atoms with Gasteiger partial charge in [-0.15, -0.1) is 11.8 Å². The van der Waals surface area contributed by atoms with E-state index in [1.54, 1.807) is 12.1 Å². The van der Waals surface area contributed by atoms with Crippen molar-refractivity contribution in [3.05, 3.63) is 34.9 Å². The minimum atomic E-state index is 0.0384. The van der Waals surface area contributed by atoms with Gasteiger partial charge < -0.3 is 0 Å². The molecule has 19 heavy (non-hydrogen) atoms. The molecule has 0 amide bonds. The summed E-state index contributed by atoms with van der Waals surface area (Å²) in [5.41, 5.74) is 0.772. The van der Waals surface area contributed by atoms with Crippen molar-refractivity contribution in [3.8, 4) is 0 Å². The molecule has 1 nitrogen and oxygen atoms in total. The number of halogens is 1. The molecule has 0 heterocycles. The first kappa shape index (κ1) is 14.9. The molecular weight excluding hydrogens is 276 g/mol. The molecule has 0 aliphatic heterocycles. The van der Waals surface area contributed by atoms with E-state index in [1.165, 1.54) is 25.7 Å². The molecule has 3 heteroatoms. The number of hydrogen-bond donors (Lipinski definition) is 0. The average Bonchev–Trinajstić information content (AvgIpc) is 2.39. The SMILES string of the molecule is CC1CCCC(SC(C)C(=O)c2ccc(Cl)cc2)C1. The van der Waals surface area contributed by atoms with Crippen molar-refractivity contribution in [2.75, 3.05) is 0 Å². The van der Waals surface area contributed by atoms with E-state index in [2.05, 4.69) is 6.92 Å². The number of thioether (sulfide) groups is 1. The van der Waals surface area contributed by atoms with Crippen LogP contribution in [0.15, 0.2) is 24.3 Å². The summed E-state index contributed by atoms with van der Waals surface area (Å²) in [5, 5.41) is 1.37. The molecule has 1 aliphatic carbocycles. The van der Waals surface area contributed by atoms with Gasteiger partial charge in [0, 0.05) is 15.8 Å². The van der Waals surface area contributed by atoms with Gasteiger partial charge in [0.25, 0.3) is 0 Å². The highest BCUT2D eigenvalue weighted by Gasteiger charge is 2.24. The molecule has 1 aromatic carbocycles. The number of benzene rings is 1.